The van der Waals surface area contributed by atoms with Crippen molar-refractivity contribution in [3.8, 4) is 0 Å². The van der Waals surface area contributed by atoms with Crippen molar-refractivity contribution in [2.24, 2.45) is 5.73 Å². The lowest BCUT2D eigenvalue weighted by atomic mass is 10.0. The standard InChI is InChI=1S/C8H16N2/c1-2-3-7-4-8(9)6-10-5-7/h4,8,10H,2-3,5-6,9H2,1H3. The van der Waals surface area contributed by atoms with Crippen LogP contribution in [0.4, 0.5) is 0 Å². The minimum Gasteiger partial charge on any atom is -0.323 e. The number of hydrogen-bond acceptors (Lipinski definition) is 2. The van der Waals surface area contributed by atoms with Crippen molar-refractivity contribution in [2.75, 3.05) is 13.1 Å². The van der Waals surface area contributed by atoms with Crippen molar-refractivity contribution >= 4 is 0 Å². The molecule has 0 spiro atoms. The molecule has 0 aromatic carbocycles. The summed E-state index contributed by atoms with van der Waals surface area (Å²) in [6.45, 7) is 4.18. The zero-order valence-corrected chi connectivity index (χ0v) is 6.56. The molecule has 0 saturated heterocycles. The highest BCUT2D eigenvalue weighted by Crippen LogP contribution is 2.06. The third-order valence-corrected chi connectivity index (χ3v) is 1.75. The van der Waals surface area contributed by atoms with Gasteiger partial charge in [0.05, 0.1) is 0 Å². The van der Waals surface area contributed by atoms with Crippen LogP contribution in [0, 0.1) is 0 Å². The Kier molecular flexibility index (Phi) is 2.90. The van der Waals surface area contributed by atoms with Gasteiger partial charge in [-0.3, -0.25) is 0 Å². The van der Waals surface area contributed by atoms with E-state index in [2.05, 4.69) is 18.3 Å². The molecule has 1 heterocycles. The molecule has 0 aliphatic carbocycles. The maximum absolute atomic E-state index is 5.72. The molecule has 10 heavy (non-hydrogen) atoms. The maximum Gasteiger partial charge on any atom is 0.0354 e. The summed E-state index contributed by atoms with van der Waals surface area (Å²) in [4.78, 5) is 0. The molecule has 1 atom stereocenters. The van der Waals surface area contributed by atoms with Crippen LogP contribution in [-0.2, 0) is 0 Å². The molecule has 0 aromatic heterocycles. The molecule has 0 fully saturated rings. The Morgan fingerprint density at radius 1 is 1.80 bits per heavy atom. The molecule has 0 amide bonds. The molecular formula is C8H16N2. The van der Waals surface area contributed by atoms with Gasteiger partial charge in [-0.05, 0) is 6.42 Å². The molecule has 1 aliphatic rings. The van der Waals surface area contributed by atoms with Crippen LogP contribution in [0.5, 0.6) is 0 Å². The predicted octanol–water partition coefficient (Wildman–Crippen LogP) is 0.643. The lowest BCUT2D eigenvalue weighted by molar-refractivity contribution is 0.617. The SMILES string of the molecule is CCCC1=CC(N)CNC1. The average molecular weight is 140 g/mol. The summed E-state index contributed by atoms with van der Waals surface area (Å²) in [6, 6.07) is 0.246. The van der Waals surface area contributed by atoms with E-state index < -0.39 is 0 Å². The highest BCUT2D eigenvalue weighted by Gasteiger charge is 2.06. The Balaban J connectivity index is 2.41. The normalized spacial score (nSPS) is 26.2. The first-order chi connectivity index (χ1) is 4.83. The molecule has 0 bridgehead atoms. The Hall–Kier alpha value is -0.340. The second-order valence-electron chi connectivity index (χ2n) is 2.87. The van der Waals surface area contributed by atoms with Crippen LogP contribution >= 0.6 is 0 Å². The van der Waals surface area contributed by atoms with Crippen molar-refractivity contribution < 1.29 is 0 Å². The fourth-order valence-electron chi connectivity index (χ4n) is 1.31. The molecule has 2 heteroatoms. The average Bonchev–Trinajstić information content (AvgIpc) is 1.88. The lowest BCUT2D eigenvalue weighted by Crippen LogP contribution is -2.37. The highest BCUT2D eigenvalue weighted by molar-refractivity contribution is 5.12. The minimum atomic E-state index is 0.246. The summed E-state index contributed by atoms with van der Waals surface area (Å²) in [7, 11) is 0. The van der Waals surface area contributed by atoms with E-state index in [0.717, 1.165) is 13.1 Å². The smallest absolute Gasteiger partial charge is 0.0354 e. The monoisotopic (exact) mass is 140 g/mol. The maximum atomic E-state index is 5.72. The van der Waals surface area contributed by atoms with Crippen molar-refractivity contribution in [1.82, 2.24) is 5.32 Å². The largest absolute Gasteiger partial charge is 0.323 e. The summed E-state index contributed by atoms with van der Waals surface area (Å²) in [5.74, 6) is 0. The zero-order valence-electron chi connectivity index (χ0n) is 6.56. The second-order valence-corrected chi connectivity index (χ2v) is 2.87. The van der Waals surface area contributed by atoms with E-state index in [9.17, 15) is 0 Å². The molecule has 58 valence electrons. The first-order valence-electron chi connectivity index (χ1n) is 3.98. The van der Waals surface area contributed by atoms with Crippen LogP contribution < -0.4 is 11.1 Å². The summed E-state index contributed by atoms with van der Waals surface area (Å²) in [6.07, 6.45) is 4.61. The number of hydrogen-bond donors (Lipinski definition) is 2. The van der Waals surface area contributed by atoms with E-state index in [1.807, 2.05) is 0 Å². The van der Waals surface area contributed by atoms with Gasteiger partial charge in [-0.2, -0.15) is 0 Å². The van der Waals surface area contributed by atoms with Gasteiger partial charge in [-0.15, -0.1) is 0 Å². The minimum absolute atomic E-state index is 0.246. The zero-order chi connectivity index (χ0) is 7.40. The molecule has 2 nitrogen and oxygen atoms in total. The molecule has 1 aliphatic heterocycles. The highest BCUT2D eigenvalue weighted by atomic mass is 14.9. The third-order valence-electron chi connectivity index (χ3n) is 1.75. The fraction of sp³-hybridized carbons (Fsp3) is 0.750. The van der Waals surface area contributed by atoms with Crippen LogP contribution in [0.15, 0.2) is 11.6 Å². The molecule has 0 saturated carbocycles. The Bertz CT molecular complexity index is 129. The summed E-state index contributed by atoms with van der Waals surface area (Å²) >= 11 is 0. The van der Waals surface area contributed by atoms with E-state index in [4.69, 9.17) is 5.73 Å². The van der Waals surface area contributed by atoms with Gasteiger partial charge in [0.25, 0.3) is 0 Å². The van der Waals surface area contributed by atoms with E-state index in [-0.39, 0.29) is 6.04 Å². The molecular weight excluding hydrogens is 124 g/mol. The quantitative estimate of drug-likeness (QED) is 0.552. The van der Waals surface area contributed by atoms with Gasteiger partial charge in [0.15, 0.2) is 0 Å². The van der Waals surface area contributed by atoms with Gasteiger partial charge in [-0.1, -0.05) is 25.0 Å². The van der Waals surface area contributed by atoms with Gasteiger partial charge in [0.2, 0.25) is 0 Å². The first-order valence-corrected chi connectivity index (χ1v) is 3.98. The van der Waals surface area contributed by atoms with Gasteiger partial charge in [0, 0.05) is 19.1 Å². The Morgan fingerprint density at radius 3 is 3.20 bits per heavy atom. The van der Waals surface area contributed by atoms with E-state index in [1.165, 1.54) is 18.4 Å². The van der Waals surface area contributed by atoms with E-state index in [0.29, 0.717) is 0 Å². The van der Waals surface area contributed by atoms with Crippen molar-refractivity contribution in [3.05, 3.63) is 11.6 Å². The Labute approximate surface area is 62.5 Å². The predicted molar refractivity (Wildman–Crippen MR) is 43.8 cm³/mol. The van der Waals surface area contributed by atoms with E-state index >= 15 is 0 Å². The van der Waals surface area contributed by atoms with Crippen LogP contribution in [0.1, 0.15) is 19.8 Å². The first kappa shape index (κ1) is 7.76. The molecule has 0 aromatic rings. The molecule has 1 unspecified atom stereocenters. The summed E-state index contributed by atoms with van der Waals surface area (Å²) in [5, 5.41) is 3.28. The number of nitrogens with two attached hydrogens (primary N) is 1. The van der Waals surface area contributed by atoms with Crippen molar-refractivity contribution in [3.63, 3.8) is 0 Å². The van der Waals surface area contributed by atoms with Crippen molar-refractivity contribution in [1.29, 1.82) is 0 Å². The molecule has 0 radical (unpaired) electrons. The van der Waals surface area contributed by atoms with E-state index in [1.54, 1.807) is 0 Å². The van der Waals surface area contributed by atoms with Crippen LogP contribution in [-0.4, -0.2) is 19.1 Å². The summed E-state index contributed by atoms with van der Waals surface area (Å²) in [5.41, 5.74) is 7.19. The van der Waals surface area contributed by atoms with Gasteiger partial charge >= 0.3 is 0 Å². The Morgan fingerprint density at radius 2 is 2.60 bits per heavy atom. The second kappa shape index (κ2) is 3.74. The molecule has 3 N–H and O–H groups in total. The van der Waals surface area contributed by atoms with Crippen LogP contribution in [0.25, 0.3) is 0 Å². The number of nitrogens with one attached hydrogen (secondary N) is 1. The van der Waals surface area contributed by atoms with Crippen LogP contribution in [0.3, 0.4) is 0 Å². The topological polar surface area (TPSA) is 38.0 Å². The van der Waals surface area contributed by atoms with Gasteiger partial charge in [-0.25, -0.2) is 0 Å². The molecule has 1 rings (SSSR count). The van der Waals surface area contributed by atoms with Gasteiger partial charge in [0.1, 0.15) is 0 Å². The van der Waals surface area contributed by atoms with Crippen molar-refractivity contribution in [2.45, 2.75) is 25.8 Å². The van der Waals surface area contributed by atoms with Gasteiger partial charge < -0.3 is 11.1 Å². The summed E-state index contributed by atoms with van der Waals surface area (Å²) < 4.78 is 0. The fourth-order valence-corrected chi connectivity index (χ4v) is 1.31. The lowest BCUT2D eigenvalue weighted by Gasteiger charge is -2.18. The third kappa shape index (κ3) is 2.12. The van der Waals surface area contributed by atoms with Crippen LogP contribution in [0.2, 0.25) is 0 Å². The number of rotatable bonds is 2.